The third kappa shape index (κ3) is 5.07. The van der Waals surface area contributed by atoms with E-state index in [2.05, 4.69) is 5.32 Å². The van der Waals surface area contributed by atoms with E-state index >= 15 is 0 Å². The van der Waals surface area contributed by atoms with E-state index < -0.39 is 0 Å². The zero-order chi connectivity index (χ0) is 22.3. The Hall–Kier alpha value is -3.13. The van der Waals surface area contributed by atoms with Gasteiger partial charge in [-0.05, 0) is 31.8 Å². The van der Waals surface area contributed by atoms with Crippen LogP contribution >= 0.6 is 0 Å². The number of carbonyl (C=O) groups excluding carboxylic acids is 1. The van der Waals surface area contributed by atoms with Crippen LogP contribution in [0.5, 0.6) is 28.7 Å². The molecule has 0 aliphatic heterocycles. The highest BCUT2D eigenvalue weighted by Crippen LogP contribution is 2.35. The molecule has 0 fully saturated rings. The van der Waals surface area contributed by atoms with E-state index in [1.807, 2.05) is 37.2 Å². The van der Waals surface area contributed by atoms with Gasteiger partial charge < -0.3 is 33.9 Å². The Bertz CT molecular complexity index is 869. The smallest absolute Gasteiger partial charge is 0.255 e. The lowest BCUT2D eigenvalue weighted by molar-refractivity contribution is 0.0938. The van der Waals surface area contributed by atoms with Crippen molar-refractivity contribution in [1.29, 1.82) is 0 Å². The van der Waals surface area contributed by atoms with E-state index in [1.165, 1.54) is 21.3 Å². The van der Waals surface area contributed by atoms with Gasteiger partial charge in [-0.25, -0.2) is 0 Å². The lowest BCUT2D eigenvalue weighted by atomic mass is 10.0. The van der Waals surface area contributed by atoms with Crippen molar-refractivity contribution in [1.82, 2.24) is 10.2 Å². The number of carbonyl (C=O) groups is 1. The molecule has 0 bridgehead atoms. The number of methoxy groups -OCH3 is 5. The lowest BCUT2D eigenvalue weighted by Crippen LogP contribution is -2.34. The number of hydrogen-bond acceptors (Lipinski definition) is 7. The Labute approximate surface area is 177 Å². The Morgan fingerprint density at radius 3 is 1.87 bits per heavy atom. The normalized spacial score (nSPS) is 11.6. The minimum absolute atomic E-state index is 0.0834. The SMILES string of the molecule is COc1ccc([C@H](CNC(=O)c2cc(OC)c(OC)cc2OC)N(C)C)cc1OC. The highest BCUT2D eigenvalue weighted by atomic mass is 16.5. The summed E-state index contributed by atoms with van der Waals surface area (Å²) in [5.41, 5.74) is 1.34. The molecule has 164 valence electrons. The fraction of sp³-hybridized carbons (Fsp3) is 0.409. The molecular formula is C22H30N2O6. The van der Waals surface area contributed by atoms with Crippen LogP contribution in [0.1, 0.15) is 22.0 Å². The quantitative estimate of drug-likeness (QED) is 0.636. The molecule has 0 spiro atoms. The van der Waals surface area contributed by atoms with Crippen LogP contribution in [0.25, 0.3) is 0 Å². The van der Waals surface area contributed by atoms with Crippen molar-refractivity contribution < 1.29 is 28.5 Å². The molecule has 0 aliphatic carbocycles. The molecule has 30 heavy (non-hydrogen) atoms. The van der Waals surface area contributed by atoms with E-state index in [1.54, 1.807) is 26.4 Å². The largest absolute Gasteiger partial charge is 0.496 e. The van der Waals surface area contributed by atoms with Crippen molar-refractivity contribution >= 4 is 5.91 Å². The molecular weight excluding hydrogens is 388 g/mol. The van der Waals surface area contributed by atoms with Gasteiger partial charge in [-0.3, -0.25) is 4.79 Å². The summed E-state index contributed by atoms with van der Waals surface area (Å²) >= 11 is 0. The van der Waals surface area contributed by atoms with Gasteiger partial charge in [-0.2, -0.15) is 0 Å². The van der Waals surface area contributed by atoms with Gasteiger partial charge in [0.25, 0.3) is 5.91 Å². The first-order valence-corrected chi connectivity index (χ1v) is 9.36. The molecule has 0 unspecified atom stereocenters. The van der Waals surface area contributed by atoms with Gasteiger partial charge in [0, 0.05) is 18.7 Å². The summed E-state index contributed by atoms with van der Waals surface area (Å²) in [4.78, 5) is 14.9. The highest BCUT2D eigenvalue weighted by molar-refractivity contribution is 5.97. The molecule has 2 rings (SSSR count). The molecule has 0 radical (unpaired) electrons. The maximum atomic E-state index is 12.9. The minimum Gasteiger partial charge on any atom is -0.496 e. The van der Waals surface area contributed by atoms with Crippen molar-refractivity contribution in [3.05, 3.63) is 41.5 Å². The average molecular weight is 418 g/mol. The van der Waals surface area contributed by atoms with Gasteiger partial charge in [-0.15, -0.1) is 0 Å². The minimum atomic E-state index is -0.278. The Balaban J connectivity index is 2.26. The van der Waals surface area contributed by atoms with Crippen LogP contribution in [0, 0.1) is 0 Å². The summed E-state index contributed by atoms with van der Waals surface area (Å²) in [6, 6.07) is 8.87. The molecule has 2 aromatic rings. The Kier molecular flexibility index (Phi) is 8.17. The fourth-order valence-electron chi connectivity index (χ4n) is 3.15. The van der Waals surface area contributed by atoms with Gasteiger partial charge in [0.15, 0.2) is 23.0 Å². The van der Waals surface area contributed by atoms with Crippen LogP contribution in [-0.4, -0.2) is 67.0 Å². The van der Waals surface area contributed by atoms with Crippen LogP contribution in [-0.2, 0) is 0 Å². The molecule has 0 heterocycles. The van der Waals surface area contributed by atoms with Crippen LogP contribution in [0.2, 0.25) is 0 Å². The second-order valence-electron chi connectivity index (χ2n) is 6.71. The molecule has 8 nitrogen and oxygen atoms in total. The summed E-state index contributed by atoms with van der Waals surface area (Å²) in [7, 11) is 11.6. The van der Waals surface area contributed by atoms with E-state index in [0.29, 0.717) is 40.9 Å². The molecule has 1 amide bonds. The number of ether oxygens (including phenoxy) is 5. The summed E-state index contributed by atoms with van der Waals surface area (Å²) in [6.07, 6.45) is 0. The molecule has 1 N–H and O–H groups in total. The Morgan fingerprint density at radius 2 is 1.33 bits per heavy atom. The van der Waals surface area contributed by atoms with E-state index in [-0.39, 0.29) is 11.9 Å². The average Bonchev–Trinajstić information content (AvgIpc) is 2.77. The predicted molar refractivity (Wildman–Crippen MR) is 114 cm³/mol. The standard InChI is InChI=1S/C22H30N2O6/c1-24(2)16(14-8-9-17(26-3)19(10-14)28-5)13-23-22(25)15-11-20(29-6)21(30-7)12-18(15)27-4/h8-12,16H,13H2,1-7H3,(H,23,25)/t16-/m0/s1. The van der Waals surface area contributed by atoms with Crippen LogP contribution in [0.15, 0.2) is 30.3 Å². The molecule has 8 heteroatoms. The maximum Gasteiger partial charge on any atom is 0.255 e. The van der Waals surface area contributed by atoms with Crippen molar-refractivity contribution in [2.24, 2.45) is 0 Å². The number of amides is 1. The summed E-state index contributed by atoms with van der Waals surface area (Å²) in [5, 5.41) is 2.98. The summed E-state index contributed by atoms with van der Waals surface area (Å²) < 4.78 is 26.7. The van der Waals surface area contributed by atoms with Gasteiger partial charge in [0.05, 0.1) is 47.2 Å². The topological polar surface area (TPSA) is 78.5 Å². The zero-order valence-corrected chi connectivity index (χ0v) is 18.6. The van der Waals surface area contributed by atoms with Crippen LogP contribution in [0.4, 0.5) is 0 Å². The van der Waals surface area contributed by atoms with Crippen LogP contribution < -0.4 is 29.0 Å². The Morgan fingerprint density at radius 1 is 0.800 bits per heavy atom. The van der Waals surface area contributed by atoms with Gasteiger partial charge in [-0.1, -0.05) is 6.07 Å². The molecule has 2 aromatic carbocycles. The zero-order valence-electron chi connectivity index (χ0n) is 18.6. The van der Waals surface area contributed by atoms with Crippen molar-refractivity contribution in [2.75, 3.05) is 56.2 Å². The lowest BCUT2D eigenvalue weighted by Gasteiger charge is -2.26. The molecule has 0 aliphatic rings. The first kappa shape index (κ1) is 23.2. The number of nitrogens with zero attached hydrogens (tertiary/aromatic N) is 1. The first-order valence-electron chi connectivity index (χ1n) is 9.36. The monoisotopic (exact) mass is 418 g/mol. The first-order chi connectivity index (χ1) is 14.4. The maximum absolute atomic E-state index is 12.9. The fourth-order valence-corrected chi connectivity index (χ4v) is 3.15. The number of rotatable bonds is 10. The third-order valence-corrected chi connectivity index (χ3v) is 4.82. The molecule has 1 atom stereocenters. The summed E-state index contributed by atoms with van der Waals surface area (Å²) in [5.74, 6) is 2.35. The number of benzene rings is 2. The summed E-state index contributed by atoms with van der Waals surface area (Å²) in [6.45, 7) is 0.374. The van der Waals surface area contributed by atoms with Gasteiger partial charge >= 0.3 is 0 Å². The molecule has 0 saturated heterocycles. The highest BCUT2D eigenvalue weighted by Gasteiger charge is 2.21. The van der Waals surface area contributed by atoms with Crippen molar-refractivity contribution in [3.8, 4) is 28.7 Å². The number of hydrogen-bond donors (Lipinski definition) is 1. The number of nitrogens with one attached hydrogen (secondary N) is 1. The van der Waals surface area contributed by atoms with Gasteiger partial charge in [0.2, 0.25) is 0 Å². The van der Waals surface area contributed by atoms with Gasteiger partial charge in [0.1, 0.15) is 5.75 Å². The van der Waals surface area contributed by atoms with Crippen molar-refractivity contribution in [3.63, 3.8) is 0 Å². The predicted octanol–water partition coefficient (Wildman–Crippen LogP) is 2.76. The van der Waals surface area contributed by atoms with E-state index in [4.69, 9.17) is 23.7 Å². The third-order valence-electron chi connectivity index (χ3n) is 4.82. The van der Waals surface area contributed by atoms with Crippen LogP contribution in [0.3, 0.4) is 0 Å². The van der Waals surface area contributed by atoms with Crippen molar-refractivity contribution in [2.45, 2.75) is 6.04 Å². The second-order valence-corrected chi connectivity index (χ2v) is 6.71. The molecule has 0 aromatic heterocycles. The van der Waals surface area contributed by atoms with E-state index in [9.17, 15) is 4.79 Å². The number of likely N-dealkylation sites (N-methyl/N-ethyl adjacent to an activating group) is 1. The second kappa shape index (κ2) is 10.6. The van der Waals surface area contributed by atoms with E-state index in [0.717, 1.165) is 5.56 Å². The molecule has 0 saturated carbocycles.